The van der Waals surface area contributed by atoms with Crippen molar-refractivity contribution in [2.45, 2.75) is 45.2 Å². The summed E-state index contributed by atoms with van der Waals surface area (Å²) in [6, 6.07) is 26.7. The Morgan fingerprint density at radius 3 is 2.26 bits per heavy atom. The summed E-state index contributed by atoms with van der Waals surface area (Å²) in [4.78, 5) is 24.5. The molecular weight excluding hydrogens is 436 g/mol. The highest BCUT2D eigenvalue weighted by molar-refractivity contribution is 6.06. The van der Waals surface area contributed by atoms with Crippen LogP contribution >= 0.6 is 0 Å². The first kappa shape index (κ1) is 22.9. The topological polar surface area (TPSA) is 71.3 Å². The van der Waals surface area contributed by atoms with Crippen LogP contribution in [-0.4, -0.2) is 27.1 Å². The largest absolute Gasteiger partial charge is 0.481 e. The molecule has 1 amide bonds. The number of aliphatic carboxylic acids is 1. The molecule has 2 N–H and O–H groups in total. The SMILES string of the molecule is CC1(CC(=O)O)CC(C)(NC(=O)c2cccc3ccn(Cc4ccc(-c5ccccc5)cc4)c23)C1. The number of nitrogens with one attached hydrogen (secondary N) is 1. The average molecular weight is 467 g/mol. The van der Waals surface area contributed by atoms with Crippen molar-refractivity contribution < 1.29 is 14.7 Å². The molecule has 5 nitrogen and oxygen atoms in total. The van der Waals surface area contributed by atoms with E-state index >= 15 is 0 Å². The molecule has 0 spiro atoms. The first-order valence-electron chi connectivity index (χ1n) is 12.0. The van der Waals surface area contributed by atoms with Crippen LogP contribution in [0, 0.1) is 5.41 Å². The standard InChI is InChI=1S/C30H30N2O3/c1-29(17-26(33)34)19-30(2,20-29)31-28(35)25-10-6-9-24-15-16-32(27(24)25)18-21-11-13-23(14-12-21)22-7-4-3-5-8-22/h3-16H,17-20H2,1-2H3,(H,31,35)(H,33,34). The number of hydrogen-bond acceptors (Lipinski definition) is 2. The predicted molar refractivity (Wildman–Crippen MR) is 138 cm³/mol. The monoisotopic (exact) mass is 466 g/mol. The van der Waals surface area contributed by atoms with Crippen LogP contribution in [0.2, 0.25) is 0 Å². The van der Waals surface area contributed by atoms with Crippen LogP contribution in [0.4, 0.5) is 0 Å². The Balaban J connectivity index is 1.36. The summed E-state index contributed by atoms with van der Waals surface area (Å²) in [6.07, 6.45) is 3.47. The number of carboxylic acids is 1. The lowest BCUT2D eigenvalue weighted by Crippen LogP contribution is -2.59. The lowest BCUT2D eigenvalue weighted by Gasteiger charge is -2.52. The molecule has 5 rings (SSSR count). The summed E-state index contributed by atoms with van der Waals surface area (Å²) < 4.78 is 2.12. The normalized spacial score (nSPS) is 21.4. The van der Waals surface area contributed by atoms with Crippen LogP contribution in [0.25, 0.3) is 22.0 Å². The van der Waals surface area contributed by atoms with Crippen molar-refractivity contribution in [3.63, 3.8) is 0 Å². The number of carbonyl (C=O) groups excluding carboxylic acids is 1. The second-order valence-electron chi connectivity index (χ2n) is 10.5. The third-order valence-electron chi connectivity index (χ3n) is 7.07. The number of hydrogen-bond donors (Lipinski definition) is 2. The van der Waals surface area contributed by atoms with Gasteiger partial charge in [0.25, 0.3) is 5.91 Å². The van der Waals surface area contributed by atoms with Gasteiger partial charge in [0.1, 0.15) is 0 Å². The molecule has 1 aliphatic carbocycles. The van der Waals surface area contributed by atoms with Crippen molar-refractivity contribution in [3.8, 4) is 11.1 Å². The molecule has 0 atom stereocenters. The minimum Gasteiger partial charge on any atom is -0.481 e. The van der Waals surface area contributed by atoms with Gasteiger partial charge < -0.3 is 15.0 Å². The Kier molecular flexibility index (Phi) is 5.72. The van der Waals surface area contributed by atoms with E-state index in [1.165, 1.54) is 11.1 Å². The van der Waals surface area contributed by atoms with Gasteiger partial charge in [0.05, 0.1) is 17.5 Å². The zero-order chi connectivity index (χ0) is 24.6. The average Bonchev–Trinajstić information content (AvgIpc) is 3.21. The highest BCUT2D eigenvalue weighted by Crippen LogP contribution is 2.50. The summed E-state index contributed by atoms with van der Waals surface area (Å²) in [6.45, 7) is 4.64. The number of amides is 1. The van der Waals surface area contributed by atoms with E-state index in [0.717, 1.165) is 16.5 Å². The number of fused-ring (bicyclic) bond motifs is 1. The molecular formula is C30H30N2O3. The van der Waals surface area contributed by atoms with Gasteiger partial charge >= 0.3 is 5.97 Å². The number of para-hydroxylation sites is 1. The molecule has 4 aromatic rings. The van der Waals surface area contributed by atoms with Crippen molar-refractivity contribution in [3.05, 3.63) is 96.2 Å². The Hall–Kier alpha value is -3.86. The minimum absolute atomic E-state index is 0.116. The molecule has 0 bridgehead atoms. The quantitative estimate of drug-likeness (QED) is 0.345. The molecule has 1 aliphatic rings. The fraction of sp³-hybridized carbons (Fsp3) is 0.267. The molecule has 0 saturated heterocycles. The molecule has 1 heterocycles. The summed E-state index contributed by atoms with van der Waals surface area (Å²) in [7, 11) is 0. The number of nitrogens with zero attached hydrogens (tertiary/aromatic N) is 1. The molecule has 0 aliphatic heterocycles. The van der Waals surface area contributed by atoms with E-state index in [0.29, 0.717) is 24.9 Å². The highest BCUT2D eigenvalue weighted by Gasteiger charge is 2.50. The van der Waals surface area contributed by atoms with Gasteiger partial charge in [-0.2, -0.15) is 0 Å². The molecule has 0 unspecified atom stereocenters. The second kappa shape index (κ2) is 8.73. The Morgan fingerprint density at radius 1 is 0.886 bits per heavy atom. The number of aromatic nitrogens is 1. The van der Waals surface area contributed by atoms with Gasteiger partial charge in [-0.1, -0.05) is 73.7 Å². The van der Waals surface area contributed by atoms with Gasteiger partial charge in [-0.25, -0.2) is 0 Å². The van der Waals surface area contributed by atoms with Crippen molar-refractivity contribution in [2.75, 3.05) is 0 Å². The first-order chi connectivity index (χ1) is 16.7. The van der Waals surface area contributed by atoms with Crippen LogP contribution in [0.5, 0.6) is 0 Å². The third-order valence-corrected chi connectivity index (χ3v) is 7.07. The fourth-order valence-corrected chi connectivity index (χ4v) is 5.96. The smallest absolute Gasteiger partial charge is 0.303 e. The molecule has 3 aromatic carbocycles. The number of benzene rings is 3. The zero-order valence-electron chi connectivity index (χ0n) is 20.1. The Bertz CT molecular complexity index is 1380. The summed E-state index contributed by atoms with van der Waals surface area (Å²) in [5.74, 6) is -0.907. The van der Waals surface area contributed by atoms with Crippen LogP contribution in [0.3, 0.4) is 0 Å². The van der Waals surface area contributed by atoms with E-state index in [1.54, 1.807) is 0 Å². The van der Waals surface area contributed by atoms with Crippen molar-refractivity contribution >= 4 is 22.8 Å². The molecule has 1 saturated carbocycles. The number of carboxylic acid groups (broad SMARTS) is 1. The minimum atomic E-state index is -0.791. The lowest BCUT2D eigenvalue weighted by atomic mass is 9.57. The van der Waals surface area contributed by atoms with Crippen LogP contribution in [0.15, 0.2) is 85.1 Å². The third kappa shape index (κ3) is 4.72. The summed E-state index contributed by atoms with van der Waals surface area (Å²) >= 11 is 0. The van der Waals surface area contributed by atoms with Crippen LogP contribution in [0.1, 0.15) is 49.0 Å². The van der Waals surface area contributed by atoms with Gasteiger partial charge in [0.2, 0.25) is 0 Å². The molecule has 1 fully saturated rings. The van der Waals surface area contributed by atoms with E-state index in [-0.39, 0.29) is 17.7 Å². The van der Waals surface area contributed by atoms with Gasteiger partial charge in [0.15, 0.2) is 0 Å². The van der Waals surface area contributed by atoms with Crippen molar-refractivity contribution in [1.29, 1.82) is 0 Å². The molecule has 5 heteroatoms. The maximum Gasteiger partial charge on any atom is 0.303 e. The van der Waals surface area contributed by atoms with E-state index in [2.05, 4.69) is 46.3 Å². The van der Waals surface area contributed by atoms with Crippen molar-refractivity contribution in [1.82, 2.24) is 9.88 Å². The van der Waals surface area contributed by atoms with Crippen LogP contribution < -0.4 is 5.32 Å². The van der Waals surface area contributed by atoms with Gasteiger partial charge in [-0.15, -0.1) is 0 Å². The second-order valence-corrected chi connectivity index (χ2v) is 10.5. The van der Waals surface area contributed by atoms with E-state index in [1.807, 2.05) is 62.5 Å². The lowest BCUT2D eigenvalue weighted by molar-refractivity contribution is -0.142. The van der Waals surface area contributed by atoms with Crippen LogP contribution in [-0.2, 0) is 11.3 Å². The van der Waals surface area contributed by atoms with E-state index in [4.69, 9.17) is 0 Å². The maximum absolute atomic E-state index is 13.4. The highest BCUT2D eigenvalue weighted by atomic mass is 16.4. The predicted octanol–water partition coefficient (Wildman–Crippen LogP) is 6.12. The maximum atomic E-state index is 13.4. The number of rotatable bonds is 7. The molecule has 178 valence electrons. The van der Waals surface area contributed by atoms with Gasteiger partial charge in [-0.05, 0) is 54.0 Å². The Labute approximate surface area is 205 Å². The zero-order valence-corrected chi connectivity index (χ0v) is 20.1. The fourth-order valence-electron chi connectivity index (χ4n) is 5.96. The number of carbonyl (C=O) groups is 2. The summed E-state index contributed by atoms with van der Waals surface area (Å²) in [5.41, 5.74) is 4.41. The summed E-state index contributed by atoms with van der Waals surface area (Å²) in [5, 5.41) is 13.4. The van der Waals surface area contributed by atoms with Crippen molar-refractivity contribution in [2.24, 2.45) is 5.41 Å². The molecule has 0 radical (unpaired) electrons. The van der Waals surface area contributed by atoms with Gasteiger partial charge in [-0.3, -0.25) is 9.59 Å². The van der Waals surface area contributed by atoms with E-state index in [9.17, 15) is 14.7 Å². The van der Waals surface area contributed by atoms with Gasteiger partial charge in [0, 0.05) is 23.7 Å². The Morgan fingerprint density at radius 2 is 1.57 bits per heavy atom. The first-order valence-corrected chi connectivity index (χ1v) is 12.0. The molecule has 35 heavy (non-hydrogen) atoms. The molecule has 1 aromatic heterocycles. The van der Waals surface area contributed by atoms with E-state index < -0.39 is 11.5 Å².